The van der Waals surface area contributed by atoms with Crippen molar-refractivity contribution in [2.24, 2.45) is 0 Å². The summed E-state index contributed by atoms with van der Waals surface area (Å²) in [7, 11) is 0. The van der Waals surface area contributed by atoms with Crippen molar-refractivity contribution in [1.29, 1.82) is 0 Å². The molecule has 8 nitrogen and oxygen atoms in total. The summed E-state index contributed by atoms with van der Waals surface area (Å²) in [5, 5.41) is 10.9. The molecule has 4 aromatic rings. The van der Waals surface area contributed by atoms with Gasteiger partial charge in [0.2, 0.25) is 11.6 Å². The molecular formula is C18H17N5O3. The molecule has 0 saturated carbocycles. The molecule has 0 aliphatic heterocycles. The largest absolute Gasteiger partial charge is 0.467 e. The van der Waals surface area contributed by atoms with Gasteiger partial charge in [-0.05, 0) is 24.3 Å². The Kier molecular flexibility index (Phi) is 4.00. The maximum absolute atomic E-state index is 12.9. The van der Waals surface area contributed by atoms with E-state index >= 15 is 0 Å². The number of amides is 1. The predicted octanol–water partition coefficient (Wildman–Crippen LogP) is 1.52. The van der Waals surface area contributed by atoms with Gasteiger partial charge in [0, 0.05) is 6.42 Å². The van der Waals surface area contributed by atoms with Crippen LogP contribution in [0.3, 0.4) is 0 Å². The summed E-state index contributed by atoms with van der Waals surface area (Å²) < 4.78 is 8.38. The summed E-state index contributed by atoms with van der Waals surface area (Å²) in [6.07, 6.45) is 2.20. The first-order chi connectivity index (χ1) is 12.7. The number of nitrogens with one attached hydrogen (secondary N) is 1. The van der Waals surface area contributed by atoms with Gasteiger partial charge >= 0.3 is 0 Å². The quantitative estimate of drug-likeness (QED) is 0.588. The van der Waals surface area contributed by atoms with Crippen LogP contribution in [0.2, 0.25) is 0 Å². The zero-order valence-corrected chi connectivity index (χ0v) is 14.2. The van der Waals surface area contributed by atoms with E-state index < -0.39 is 0 Å². The fraction of sp³-hybridized carbons (Fsp3) is 0.222. The van der Waals surface area contributed by atoms with E-state index in [-0.39, 0.29) is 30.2 Å². The van der Waals surface area contributed by atoms with Gasteiger partial charge in [-0.2, -0.15) is 0 Å². The molecule has 0 fully saturated rings. The van der Waals surface area contributed by atoms with Crippen molar-refractivity contribution in [2.45, 2.75) is 26.4 Å². The number of hydrogen-bond donors (Lipinski definition) is 1. The highest BCUT2D eigenvalue weighted by Crippen LogP contribution is 2.15. The Morgan fingerprint density at radius 2 is 1.96 bits per heavy atom. The molecule has 1 N–H and O–H groups in total. The summed E-state index contributed by atoms with van der Waals surface area (Å²) in [5.41, 5.74) is 1.33. The molecule has 0 atom stereocenters. The number of nitrogens with zero attached hydrogens (tertiary/aromatic N) is 4. The maximum atomic E-state index is 12.9. The van der Waals surface area contributed by atoms with Crippen molar-refractivity contribution in [3.05, 3.63) is 64.6 Å². The van der Waals surface area contributed by atoms with Crippen molar-refractivity contribution in [3.8, 4) is 0 Å². The number of furan rings is 1. The minimum Gasteiger partial charge on any atom is -0.467 e. The smallest absolute Gasteiger partial charge is 0.297 e. The standard InChI is InChI=1S/C18H17N5O3/c1-2-15-20-21-17-18(25)22(13-7-3-4-8-14(13)23(15)17)11-16(24)19-10-12-6-5-9-26-12/h3-9H,2,10-11H2,1H3,(H,19,24). The van der Waals surface area contributed by atoms with Crippen LogP contribution in [-0.4, -0.2) is 25.1 Å². The number of aromatic nitrogens is 4. The number of benzene rings is 1. The van der Waals surface area contributed by atoms with Gasteiger partial charge in [0.25, 0.3) is 5.56 Å². The lowest BCUT2D eigenvalue weighted by atomic mass is 10.2. The number of rotatable bonds is 5. The molecule has 132 valence electrons. The van der Waals surface area contributed by atoms with Gasteiger partial charge in [-0.15, -0.1) is 10.2 Å². The first-order valence-corrected chi connectivity index (χ1v) is 8.33. The van der Waals surface area contributed by atoms with Gasteiger partial charge in [-0.25, -0.2) is 0 Å². The second-order valence-electron chi connectivity index (χ2n) is 5.86. The van der Waals surface area contributed by atoms with Crippen LogP contribution in [0.5, 0.6) is 0 Å². The Morgan fingerprint density at radius 1 is 1.15 bits per heavy atom. The van der Waals surface area contributed by atoms with Crippen LogP contribution in [0.1, 0.15) is 18.5 Å². The lowest BCUT2D eigenvalue weighted by Crippen LogP contribution is -2.33. The molecule has 1 aromatic carbocycles. The summed E-state index contributed by atoms with van der Waals surface area (Å²) >= 11 is 0. The number of hydrogen-bond acceptors (Lipinski definition) is 5. The predicted molar refractivity (Wildman–Crippen MR) is 94.7 cm³/mol. The average molecular weight is 351 g/mol. The minimum atomic E-state index is -0.343. The minimum absolute atomic E-state index is 0.106. The fourth-order valence-corrected chi connectivity index (χ4v) is 3.00. The Bertz CT molecular complexity index is 1140. The lowest BCUT2D eigenvalue weighted by Gasteiger charge is -2.12. The molecular weight excluding hydrogens is 334 g/mol. The van der Waals surface area contributed by atoms with E-state index in [0.29, 0.717) is 23.5 Å². The summed E-state index contributed by atoms with van der Waals surface area (Å²) in [6, 6.07) is 10.9. The summed E-state index contributed by atoms with van der Waals surface area (Å²) in [5.74, 6) is 1.08. The second-order valence-corrected chi connectivity index (χ2v) is 5.86. The van der Waals surface area contributed by atoms with Gasteiger partial charge in [0.05, 0.1) is 23.8 Å². The van der Waals surface area contributed by atoms with Gasteiger partial charge in [0.15, 0.2) is 0 Å². The van der Waals surface area contributed by atoms with Crippen LogP contribution in [-0.2, 0) is 24.3 Å². The monoisotopic (exact) mass is 351 g/mol. The average Bonchev–Trinajstić information content (AvgIpc) is 3.32. The van der Waals surface area contributed by atoms with Crippen LogP contribution >= 0.6 is 0 Å². The fourth-order valence-electron chi connectivity index (χ4n) is 3.00. The highest BCUT2D eigenvalue weighted by atomic mass is 16.3. The molecule has 3 heterocycles. The van der Waals surface area contributed by atoms with Crippen molar-refractivity contribution < 1.29 is 9.21 Å². The maximum Gasteiger partial charge on any atom is 0.297 e. The zero-order chi connectivity index (χ0) is 18.1. The highest BCUT2D eigenvalue weighted by Gasteiger charge is 2.17. The van der Waals surface area contributed by atoms with E-state index in [1.54, 1.807) is 22.8 Å². The van der Waals surface area contributed by atoms with Crippen LogP contribution in [0.25, 0.3) is 16.7 Å². The topological polar surface area (TPSA) is 94.4 Å². The van der Waals surface area contributed by atoms with Crippen LogP contribution in [0.4, 0.5) is 0 Å². The van der Waals surface area contributed by atoms with E-state index in [4.69, 9.17) is 4.42 Å². The third-order valence-electron chi connectivity index (χ3n) is 4.24. The third kappa shape index (κ3) is 2.65. The molecule has 0 saturated heterocycles. The molecule has 8 heteroatoms. The summed E-state index contributed by atoms with van der Waals surface area (Å²) in [6.45, 7) is 2.12. The molecule has 0 unspecified atom stereocenters. The van der Waals surface area contributed by atoms with Crippen LogP contribution in [0.15, 0.2) is 51.9 Å². The molecule has 26 heavy (non-hydrogen) atoms. The van der Waals surface area contributed by atoms with Gasteiger partial charge in [-0.3, -0.25) is 18.6 Å². The van der Waals surface area contributed by atoms with E-state index in [1.165, 1.54) is 4.57 Å². The van der Waals surface area contributed by atoms with Crippen molar-refractivity contribution in [2.75, 3.05) is 0 Å². The van der Waals surface area contributed by atoms with Crippen molar-refractivity contribution in [1.82, 2.24) is 24.5 Å². The molecule has 4 rings (SSSR count). The van der Waals surface area contributed by atoms with E-state index in [9.17, 15) is 9.59 Å². The Morgan fingerprint density at radius 3 is 2.69 bits per heavy atom. The number of carbonyl (C=O) groups excluding carboxylic acids is 1. The molecule has 0 aliphatic rings. The van der Waals surface area contributed by atoms with Crippen molar-refractivity contribution in [3.63, 3.8) is 0 Å². The molecule has 0 bridgehead atoms. The van der Waals surface area contributed by atoms with E-state index in [0.717, 1.165) is 5.52 Å². The van der Waals surface area contributed by atoms with Gasteiger partial charge < -0.3 is 9.73 Å². The zero-order valence-electron chi connectivity index (χ0n) is 14.2. The molecule has 0 radical (unpaired) electrons. The first kappa shape index (κ1) is 16.1. The Balaban J connectivity index is 1.75. The molecule has 1 amide bonds. The van der Waals surface area contributed by atoms with Crippen molar-refractivity contribution >= 4 is 22.6 Å². The molecule has 0 spiro atoms. The molecule has 3 aromatic heterocycles. The van der Waals surface area contributed by atoms with Gasteiger partial charge in [-0.1, -0.05) is 19.1 Å². The van der Waals surface area contributed by atoms with E-state index in [1.807, 2.05) is 31.2 Å². The Hall–Kier alpha value is -3.42. The van der Waals surface area contributed by atoms with Gasteiger partial charge in [0.1, 0.15) is 18.1 Å². The van der Waals surface area contributed by atoms with E-state index in [2.05, 4.69) is 15.5 Å². The normalized spacial score (nSPS) is 11.3. The van der Waals surface area contributed by atoms with Crippen LogP contribution in [0, 0.1) is 0 Å². The molecule has 0 aliphatic carbocycles. The van der Waals surface area contributed by atoms with Crippen LogP contribution < -0.4 is 10.9 Å². The highest BCUT2D eigenvalue weighted by molar-refractivity contribution is 5.82. The Labute approximate surface area is 148 Å². The number of carbonyl (C=O) groups is 1. The third-order valence-corrected chi connectivity index (χ3v) is 4.24. The number of fused-ring (bicyclic) bond motifs is 3. The lowest BCUT2D eigenvalue weighted by molar-refractivity contribution is -0.121. The number of aryl methyl sites for hydroxylation is 1. The number of para-hydroxylation sites is 2. The first-order valence-electron chi connectivity index (χ1n) is 8.33. The second kappa shape index (κ2) is 6.47. The summed E-state index contributed by atoms with van der Waals surface area (Å²) in [4.78, 5) is 25.2. The SMILES string of the molecule is CCc1nnc2c(=O)n(CC(=O)NCc3ccco3)c3ccccc3n12.